The Morgan fingerprint density at radius 2 is 2.12 bits per heavy atom. The molecule has 2 rings (SSSR count). The fourth-order valence-corrected chi connectivity index (χ4v) is 1.66. The molecule has 0 spiro atoms. The molecule has 1 heterocycles. The summed E-state index contributed by atoms with van der Waals surface area (Å²) in [6, 6.07) is 7.23. The van der Waals surface area contributed by atoms with Gasteiger partial charge in [-0.2, -0.15) is 0 Å². The average molecular weight is 296 g/mol. The molecule has 0 aliphatic rings. The lowest BCUT2D eigenvalue weighted by atomic mass is 10.2. The van der Waals surface area contributed by atoms with Gasteiger partial charge in [-0.25, -0.2) is 0 Å². The van der Waals surface area contributed by atoms with Crippen molar-refractivity contribution in [2.24, 2.45) is 0 Å². The predicted molar refractivity (Wildman–Crippen MR) is 66.8 cm³/mol. The minimum atomic E-state index is -0.0209. The zero-order valence-corrected chi connectivity index (χ0v) is 10.5. The number of carbonyl (C=O) groups excluding carboxylic acids is 1. The van der Waals surface area contributed by atoms with Crippen LogP contribution in [0.1, 0.15) is 6.42 Å². The summed E-state index contributed by atoms with van der Waals surface area (Å²) in [6.07, 6.45) is 1.73. The van der Waals surface area contributed by atoms with Gasteiger partial charge in [-0.15, -0.1) is 10.2 Å². The van der Waals surface area contributed by atoms with Crippen molar-refractivity contribution in [3.05, 3.63) is 30.7 Å². The monoisotopic (exact) mass is 295 g/mol. The van der Waals surface area contributed by atoms with Gasteiger partial charge in [0, 0.05) is 23.0 Å². The van der Waals surface area contributed by atoms with E-state index in [2.05, 4.69) is 31.4 Å². The number of hydrogen-bond donors (Lipinski definition) is 1. The second kappa shape index (κ2) is 5.58. The molecule has 88 valence electrons. The molecule has 17 heavy (non-hydrogen) atoms. The number of alkyl halides is 1. The van der Waals surface area contributed by atoms with Gasteiger partial charge >= 0.3 is 0 Å². The average Bonchev–Trinajstić information content (AvgIpc) is 2.84. The van der Waals surface area contributed by atoms with E-state index < -0.39 is 0 Å². The van der Waals surface area contributed by atoms with Crippen LogP contribution in [0.5, 0.6) is 0 Å². The van der Waals surface area contributed by atoms with E-state index in [4.69, 9.17) is 4.42 Å². The smallest absolute Gasteiger partial charge is 0.247 e. The third-order valence-electron chi connectivity index (χ3n) is 2.10. The topological polar surface area (TPSA) is 68.0 Å². The quantitative estimate of drug-likeness (QED) is 0.880. The summed E-state index contributed by atoms with van der Waals surface area (Å²) in [4.78, 5) is 11.3. The van der Waals surface area contributed by atoms with E-state index >= 15 is 0 Å². The zero-order valence-electron chi connectivity index (χ0n) is 8.89. The van der Waals surface area contributed by atoms with Gasteiger partial charge in [0.05, 0.1) is 0 Å². The van der Waals surface area contributed by atoms with Crippen LogP contribution in [-0.2, 0) is 4.79 Å². The lowest BCUT2D eigenvalue weighted by Crippen LogP contribution is -2.11. The third-order valence-corrected chi connectivity index (χ3v) is 2.49. The molecular weight excluding hydrogens is 286 g/mol. The Morgan fingerprint density at radius 3 is 2.71 bits per heavy atom. The van der Waals surface area contributed by atoms with E-state index in [1.165, 1.54) is 6.39 Å². The van der Waals surface area contributed by atoms with Crippen LogP contribution in [0.3, 0.4) is 0 Å². The standard InChI is InChI=1S/C11H10BrN3O2/c12-6-5-10(16)14-9-3-1-8(2-4-9)11-15-13-7-17-11/h1-4,7H,5-6H2,(H,14,16). The van der Waals surface area contributed by atoms with E-state index in [1.54, 1.807) is 12.1 Å². The van der Waals surface area contributed by atoms with Crippen LogP contribution in [0.4, 0.5) is 5.69 Å². The molecule has 1 aromatic heterocycles. The molecule has 0 saturated heterocycles. The fourth-order valence-electron chi connectivity index (χ4n) is 1.30. The minimum Gasteiger partial charge on any atom is -0.423 e. The lowest BCUT2D eigenvalue weighted by Gasteiger charge is -2.03. The Kier molecular flexibility index (Phi) is 3.87. The number of hydrogen-bond acceptors (Lipinski definition) is 4. The molecule has 1 N–H and O–H groups in total. The SMILES string of the molecule is O=C(CCBr)Nc1ccc(-c2nnco2)cc1. The van der Waals surface area contributed by atoms with Crippen molar-refractivity contribution < 1.29 is 9.21 Å². The second-order valence-corrected chi connectivity index (χ2v) is 4.10. The Bertz CT molecular complexity index is 482. The van der Waals surface area contributed by atoms with E-state index in [0.717, 1.165) is 11.3 Å². The summed E-state index contributed by atoms with van der Waals surface area (Å²) < 4.78 is 5.06. The van der Waals surface area contributed by atoms with Gasteiger partial charge in [0.1, 0.15) is 0 Å². The maximum absolute atomic E-state index is 11.3. The van der Waals surface area contributed by atoms with Crippen molar-refractivity contribution in [3.63, 3.8) is 0 Å². The molecule has 0 aliphatic carbocycles. The van der Waals surface area contributed by atoms with Gasteiger partial charge < -0.3 is 9.73 Å². The number of carbonyl (C=O) groups is 1. The van der Waals surface area contributed by atoms with Gasteiger partial charge in [0.25, 0.3) is 0 Å². The summed E-state index contributed by atoms with van der Waals surface area (Å²) in [7, 11) is 0. The van der Waals surface area contributed by atoms with Crippen molar-refractivity contribution in [3.8, 4) is 11.5 Å². The highest BCUT2D eigenvalue weighted by Crippen LogP contribution is 2.18. The largest absolute Gasteiger partial charge is 0.423 e. The number of anilines is 1. The van der Waals surface area contributed by atoms with E-state index in [9.17, 15) is 4.79 Å². The second-order valence-electron chi connectivity index (χ2n) is 3.31. The lowest BCUT2D eigenvalue weighted by molar-refractivity contribution is -0.115. The van der Waals surface area contributed by atoms with E-state index in [-0.39, 0.29) is 5.91 Å². The molecule has 0 bridgehead atoms. The van der Waals surface area contributed by atoms with Crippen LogP contribution in [0.2, 0.25) is 0 Å². The first kappa shape index (κ1) is 11.8. The summed E-state index contributed by atoms with van der Waals surface area (Å²) in [5.41, 5.74) is 1.57. The summed E-state index contributed by atoms with van der Waals surface area (Å²) in [5, 5.41) is 10.8. The van der Waals surface area contributed by atoms with Crippen LogP contribution in [0.15, 0.2) is 35.1 Å². The molecule has 0 fully saturated rings. The maximum atomic E-state index is 11.3. The van der Waals surface area contributed by atoms with Crippen LogP contribution in [0, 0.1) is 0 Å². The van der Waals surface area contributed by atoms with Crippen molar-refractivity contribution in [1.82, 2.24) is 10.2 Å². The number of nitrogens with one attached hydrogen (secondary N) is 1. The number of aromatic nitrogens is 2. The number of halogens is 1. The van der Waals surface area contributed by atoms with Crippen LogP contribution in [-0.4, -0.2) is 21.4 Å². The van der Waals surface area contributed by atoms with E-state index in [0.29, 0.717) is 17.6 Å². The Hall–Kier alpha value is -1.69. The number of rotatable bonds is 4. The van der Waals surface area contributed by atoms with Gasteiger partial charge in [-0.05, 0) is 24.3 Å². The molecule has 0 radical (unpaired) electrons. The number of nitrogens with zero attached hydrogens (tertiary/aromatic N) is 2. The Balaban J connectivity index is 2.06. The molecule has 0 saturated carbocycles. The van der Waals surface area contributed by atoms with Gasteiger partial charge in [-0.1, -0.05) is 15.9 Å². The molecular formula is C11H10BrN3O2. The van der Waals surface area contributed by atoms with Gasteiger partial charge in [-0.3, -0.25) is 4.79 Å². The minimum absolute atomic E-state index is 0.0209. The number of benzene rings is 1. The predicted octanol–water partition coefficient (Wildman–Crippen LogP) is 2.46. The fraction of sp³-hybridized carbons (Fsp3) is 0.182. The van der Waals surface area contributed by atoms with Crippen LogP contribution >= 0.6 is 15.9 Å². The summed E-state index contributed by atoms with van der Waals surface area (Å²) in [6.45, 7) is 0. The van der Waals surface area contributed by atoms with Crippen molar-refractivity contribution in [1.29, 1.82) is 0 Å². The zero-order chi connectivity index (χ0) is 12.1. The molecule has 0 unspecified atom stereocenters. The van der Waals surface area contributed by atoms with Gasteiger partial charge in [0.15, 0.2) is 0 Å². The highest BCUT2D eigenvalue weighted by atomic mass is 79.9. The molecule has 0 atom stereocenters. The van der Waals surface area contributed by atoms with E-state index in [1.807, 2.05) is 12.1 Å². The first-order valence-corrected chi connectivity index (χ1v) is 6.14. The first-order chi connectivity index (χ1) is 8.29. The number of amides is 1. The molecule has 1 aromatic carbocycles. The summed E-state index contributed by atoms with van der Waals surface area (Å²) in [5.74, 6) is 0.441. The van der Waals surface area contributed by atoms with Crippen molar-refractivity contribution in [2.45, 2.75) is 6.42 Å². The Labute approximate surface area is 106 Å². The molecule has 0 aliphatic heterocycles. The van der Waals surface area contributed by atoms with Crippen molar-refractivity contribution in [2.75, 3.05) is 10.6 Å². The third kappa shape index (κ3) is 3.13. The maximum Gasteiger partial charge on any atom is 0.247 e. The van der Waals surface area contributed by atoms with Gasteiger partial charge in [0.2, 0.25) is 18.2 Å². The van der Waals surface area contributed by atoms with Crippen LogP contribution in [0.25, 0.3) is 11.5 Å². The van der Waals surface area contributed by atoms with Crippen molar-refractivity contribution >= 4 is 27.5 Å². The van der Waals surface area contributed by atoms with Crippen LogP contribution < -0.4 is 5.32 Å². The molecule has 5 nitrogen and oxygen atoms in total. The summed E-state index contributed by atoms with van der Waals surface area (Å²) >= 11 is 3.21. The normalized spacial score (nSPS) is 10.2. The highest BCUT2D eigenvalue weighted by Gasteiger charge is 2.04. The molecule has 6 heteroatoms. The highest BCUT2D eigenvalue weighted by molar-refractivity contribution is 9.09. The molecule has 2 aromatic rings. The first-order valence-electron chi connectivity index (χ1n) is 5.02. The molecule has 1 amide bonds. The Morgan fingerprint density at radius 1 is 1.35 bits per heavy atom.